The van der Waals surface area contributed by atoms with Crippen molar-refractivity contribution in [1.29, 1.82) is 0 Å². The molecule has 0 aliphatic carbocycles. The number of hydrogen-bond donors (Lipinski definition) is 0. The van der Waals surface area contributed by atoms with Crippen LogP contribution in [-0.4, -0.2) is 70.0 Å². The normalized spacial score (nSPS) is 14.1. The van der Waals surface area contributed by atoms with E-state index in [1.165, 1.54) is 77.0 Å². The van der Waals surface area contributed by atoms with Gasteiger partial charge in [0.15, 0.2) is 6.10 Å². The van der Waals surface area contributed by atoms with E-state index < -0.39 is 32.5 Å². The van der Waals surface area contributed by atoms with Crippen LogP contribution in [0.3, 0.4) is 0 Å². The van der Waals surface area contributed by atoms with E-state index in [-0.39, 0.29) is 26.1 Å². The molecule has 2 atom stereocenters. The SMILES string of the molecule is CC\C=C/C=C\C=C\C=C\CCCCCCCC(=O)OC(COC(=O)CCCCCCCCCCCCCCCCC)COP(=O)([O-])OCC[N+](C)(C)C. The molecule has 0 aromatic carbocycles. The molecule has 314 valence electrons. The molecule has 0 rings (SSSR count). The van der Waals surface area contributed by atoms with Crippen molar-refractivity contribution in [3.63, 3.8) is 0 Å². The number of nitrogens with zero attached hydrogens (tertiary/aromatic N) is 1. The summed E-state index contributed by atoms with van der Waals surface area (Å²) in [5.41, 5.74) is 0. The molecule has 0 saturated carbocycles. The van der Waals surface area contributed by atoms with Gasteiger partial charge in [0.05, 0.1) is 27.7 Å². The molecular weight excluding hydrogens is 701 g/mol. The summed E-state index contributed by atoms with van der Waals surface area (Å²) in [5.74, 6) is -0.861. The van der Waals surface area contributed by atoms with Gasteiger partial charge in [-0.1, -0.05) is 172 Å². The number of likely N-dealkylation sites (N-methyl/N-ethyl adjacent to an activating group) is 1. The third-order valence-corrected chi connectivity index (χ3v) is 9.92. The lowest BCUT2D eigenvalue weighted by atomic mass is 10.0. The number of ether oxygens (including phenoxy) is 2. The number of quaternary nitrogens is 1. The fraction of sp³-hybridized carbons (Fsp3) is 0.773. The van der Waals surface area contributed by atoms with Crippen molar-refractivity contribution in [2.75, 3.05) is 47.5 Å². The first-order chi connectivity index (χ1) is 26.0. The standard InChI is InChI=1S/C44H80NO8P/c1-6-8-10-12-14-16-18-20-22-24-26-28-30-32-34-36-43(46)50-40-42(41-52-54(48,49)51-39-38-45(3,4)5)53-44(47)37-35-33-31-29-27-25-23-21-19-17-15-13-11-9-7-2/h9,11,13,15,17,19,21,23,42H,6-8,10,12,14,16,18,20,22,24-41H2,1-5H3/b11-9-,15-13-,19-17+,23-21+. The van der Waals surface area contributed by atoms with Crippen LogP contribution in [0.4, 0.5) is 0 Å². The molecule has 54 heavy (non-hydrogen) atoms. The zero-order valence-electron chi connectivity index (χ0n) is 35.2. The second kappa shape index (κ2) is 36.6. The highest BCUT2D eigenvalue weighted by molar-refractivity contribution is 7.45. The summed E-state index contributed by atoms with van der Waals surface area (Å²) in [5, 5.41) is 0. The molecule has 0 heterocycles. The monoisotopic (exact) mass is 782 g/mol. The fourth-order valence-corrected chi connectivity index (χ4v) is 6.33. The maximum absolute atomic E-state index is 12.6. The highest BCUT2D eigenvalue weighted by Crippen LogP contribution is 2.38. The number of phosphoric acid groups is 1. The van der Waals surface area contributed by atoms with E-state index in [2.05, 4.69) is 32.1 Å². The Kier molecular flexibility index (Phi) is 35.2. The minimum Gasteiger partial charge on any atom is -0.756 e. The van der Waals surface area contributed by atoms with E-state index in [0.717, 1.165) is 57.8 Å². The number of allylic oxidation sites excluding steroid dienone is 8. The van der Waals surface area contributed by atoms with Crippen LogP contribution in [0, 0.1) is 0 Å². The van der Waals surface area contributed by atoms with Crippen molar-refractivity contribution >= 4 is 19.8 Å². The largest absolute Gasteiger partial charge is 0.756 e. The van der Waals surface area contributed by atoms with Crippen molar-refractivity contribution in [3.05, 3.63) is 48.6 Å². The first-order valence-corrected chi connectivity index (χ1v) is 22.9. The number of phosphoric ester groups is 1. The summed E-state index contributed by atoms with van der Waals surface area (Å²) < 4.78 is 33.8. The average molecular weight is 782 g/mol. The zero-order valence-corrected chi connectivity index (χ0v) is 36.0. The van der Waals surface area contributed by atoms with E-state index in [9.17, 15) is 19.0 Å². The molecule has 0 N–H and O–H groups in total. The van der Waals surface area contributed by atoms with Crippen LogP contribution in [0.5, 0.6) is 0 Å². The molecule has 0 amide bonds. The van der Waals surface area contributed by atoms with Gasteiger partial charge in [0.2, 0.25) is 0 Å². The van der Waals surface area contributed by atoms with Crippen molar-refractivity contribution in [1.82, 2.24) is 0 Å². The van der Waals surface area contributed by atoms with Gasteiger partial charge in [0, 0.05) is 12.8 Å². The average Bonchev–Trinajstić information content (AvgIpc) is 3.12. The van der Waals surface area contributed by atoms with Gasteiger partial charge in [-0.15, -0.1) is 0 Å². The molecule has 0 aromatic rings. The Hall–Kier alpha value is -2.03. The number of rotatable bonds is 38. The molecule has 9 nitrogen and oxygen atoms in total. The van der Waals surface area contributed by atoms with Gasteiger partial charge in [-0.05, 0) is 32.1 Å². The summed E-state index contributed by atoms with van der Waals surface area (Å²) in [7, 11) is 1.14. The van der Waals surface area contributed by atoms with Gasteiger partial charge in [0.25, 0.3) is 7.82 Å². The molecular formula is C44H80NO8P. The van der Waals surface area contributed by atoms with Crippen molar-refractivity contribution < 1.29 is 42.1 Å². The highest BCUT2D eigenvalue weighted by Gasteiger charge is 2.21. The van der Waals surface area contributed by atoms with Crippen LogP contribution in [0.15, 0.2) is 48.6 Å². The Labute approximate surface area is 331 Å². The van der Waals surface area contributed by atoms with Crippen LogP contribution >= 0.6 is 7.82 Å². The van der Waals surface area contributed by atoms with Crippen molar-refractivity contribution in [2.45, 2.75) is 174 Å². The summed E-state index contributed by atoms with van der Waals surface area (Å²) >= 11 is 0. The predicted molar refractivity (Wildman–Crippen MR) is 222 cm³/mol. The highest BCUT2D eigenvalue weighted by atomic mass is 31.2. The van der Waals surface area contributed by atoms with E-state index in [4.69, 9.17) is 18.5 Å². The van der Waals surface area contributed by atoms with Gasteiger partial charge in [0.1, 0.15) is 19.8 Å². The summed E-state index contributed by atoms with van der Waals surface area (Å²) in [6.07, 6.45) is 41.3. The number of unbranched alkanes of at least 4 members (excludes halogenated alkanes) is 19. The minimum atomic E-state index is -4.63. The number of hydrogen-bond acceptors (Lipinski definition) is 8. The molecule has 0 bridgehead atoms. The van der Waals surface area contributed by atoms with Crippen molar-refractivity contribution in [2.24, 2.45) is 0 Å². The maximum atomic E-state index is 12.6. The summed E-state index contributed by atoms with van der Waals surface area (Å²) in [4.78, 5) is 37.5. The van der Waals surface area contributed by atoms with Crippen LogP contribution in [0.25, 0.3) is 0 Å². The van der Waals surface area contributed by atoms with Crippen molar-refractivity contribution in [3.8, 4) is 0 Å². The number of carbonyl (C=O) groups is 2. The molecule has 0 aliphatic rings. The molecule has 0 saturated heterocycles. The van der Waals surface area contributed by atoms with Crippen LogP contribution < -0.4 is 4.89 Å². The third-order valence-electron chi connectivity index (χ3n) is 8.96. The molecule has 0 radical (unpaired) electrons. The minimum absolute atomic E-state index is 0.0366. The quantitative estimate of drug-likeness (QED) is 0.0200. The van der Waals surface area contributed by atoms with Gasteiger partial charge in [-0.25, -0.2) is 0 Å². The molecule has 2 unspecified atom stereocenters. The number of esters is 2. The first kappa shape index (κ1) is 52.0. The Morgan fingerprint density at radius 1 is 0.593 bits per heavy atom. The Morgan fingerprint density at radius 3 is 1.57 bits per heavy atom. The smallest absolute Gasteiger partial charge is 0.306 e. The second-order valence-corrected chi connectivity index (χ2v) is 16.8. The van der Waals surface area contributed by atoms with Crippen LogP contribution in [0.1, 0.15) is 168 Å². The topological polar surface area (TPSA) is 111 Å². The number of carbonyl (C=O) groups excluding carboxylic acids is 2. The molecule has 0 aromatic heterocycles. The molecule has 0 spiro atoms. The lowest BCUT2D eigenvalue weighted by Crippen LogP contribution is -2.37. The van der Waals surface area contributed by atoms with E-state index in [0.29, 0.717) is 17.4 Å². The summed E-state index contributed by atoms with van der Waals surface area (Å²) in [6.45, 7) is 4.06. The van der Waals surface area contributed by atoms with Gasteiger partial charge in [-0.3, -0.25) is 14.2 Å². The van der Waals surface area contributed by atoms with E-state index in [1.807, 2.05) is 51.5 Å². The van der Waals surface area contributed by atoms with Gasteiger partial charge < -0.3 is 27.9 Å². The predicted octanol–water partition coefficient (Wildman–Crippen LogP) is 11.3. The van der Waals surface area contributed by atoms with Crippen LogP contribution in [0.2, 0.25) is 0 Å². The third kappa shape index (κ3) is 39.7. The fourth-order valence-electron chi connectivity index (χ4n) is 5.61. The van der Waals surface area contributed by atoms with E-state index >= 15 is 0 Å². The molecule has 10 heteroatoms. The Balaban J connectivity index is 4.41. The lowest BCUT2D eigenvalue weighted by Gasteiger charge is -2.28. The Morgan fingerprint density at radius 2 is 1.06 bits per heavy atom. The first-order valence-electron chi connectivity index (χ1n) is 21.4. The van der Waals surface area contributed by atoms with Gasteiger partial charge >= 0.3 is 11.9 Å². The Bertz CT molecular complexity index is 1070. The molecule has 0 fully saturated rings. The zero-order chi connectivity index (χ0) is 40.0. The van der Waals surface area contributed by atoms with E-state index in [1.54, 1.807) is 0 Å². The summed E-state index contributed by atoms with van der Waals surface area (Å²) in [6, 6.07) is 0. The second-order valence-electron chi connectivity index (χ2n) is 15.4. The molecule has 0 aliphatic heterocycles. The lowest BCUT2D eigenvalue weighted by molar-refractivity contribution is -0.870. The van der Waals surface area contributed by atoms with Gasteiger partial charge in [-0.2, -0.15) is 0 Å². The maximum Gasteiger partial charge on any atom is 0.306 e. The van der Waals surface area contributed by atoms with Crippen LogP contribution in [-0.2, 0) is 32.7 Å².